The van der Waals surface area contributed by atoms with Gasteiger partial charge in [-0.05, 0) is 99.8 Å². The van der Waals surface area contributed by atoms with Gasteiger partial charge in [-0.2, -0.15) is 0 Å². The number of aromatic nitrogens is 1. The Labute approximate surface area is 276 Å². The van der Waals surface area contributed by atoms with Gasteiger partial charge in [0.05, 0.1) is 17.7 Å². The molecule has 1 saturated heterocycles. The van der Waals surface area contributed by atoms with E-state index in [0.29, 0.717) is 55.2 Å². The van der Waals surface area contributed by atoms with E-state index in [0.717, 1.165) is 25.7 Å². The highest BCUT2D eigenvalue weighted by Gasteiger charge is 2.49. The largest absolute Gasteiger partial charge is 0.465 e. The average Bonchev–Trinajstić information content (AvgIpc) is 3.79. The van der Waals surface area contributed by atoms with Crippen molar-refractivity contribution in [1.82, 2.24) is 14.8 Å². The van der Waals surface area contributed by atoms with Crippen LogP contribution in [0.4, 0.5) is 23.7 Å². The molecular formula is C34H43F3N4O7. The van der Waals surface area contributed by atoms with Gasteiger partial charge in [0.25, 0.3) is 0 Å². The van der Waals surface area contributed by atoms with E-state index >= 15 is 0 Å². The molecule has 6 rings (SSSR count). The number of benzene rings is 1. The number of cyclic esters (lactones) is 1. The van der Waals surface area contributed by atoms with Gasteiger partial charge < -0.3 is 30.1 Å². The smallest absolute Gasteiger partial charge is 0.404 e. The van der Waals surface area contributed by atoms with E-state index in [4.69, 9.17) is 14.6 Å². The number of likely N-dealkylation sites (tertiary alicyclic amines) is 1. The number of hydrogen-bond acceptors (Lipinski definition) is 6. The molecule has 11 nitrogen and oxygen atoms in total. The van der Waals surface area contributed by atoms with Crippen molar-refractivity contribution in [1.29, 1.82) is 0 Å². The predicted octanol–water partition coefficient (Wildman–Crippen LogP) is 5.18. The number of esters is 1. The topological polar surface area (TPSA) is 139 Å². The number of carboxylic acid groups (broad SMARTS) is 1. The summed E-state index contributed by atoms with van der Waals surface area (Å²) in [5.74, 6) is -1.67. The first-order chi connectivity index (χ1) is 23.1. The number of nitrogens with zero attached hydrogens (tertiary/aromatic N) is 2. The fourth-order valence-corrected chi connectivity index (χ4v) is 8.67. The maximum atomic E-state index is 14.2. The normalized spacial score (nSPS) is 28.9. The van der Waals surface area contributed by atoms with Crippen LogP contribution in [0.5, 0.6) is 0 Å². The molecule has 0 unspecified atom stereocenters. The number of alkyl halides is 3. The third kappa shape index (κ3) is 6.23. The van der Waals surface area contributed by atoms with E-state index in [-0.39, 0.29) is 47.3 Å². The van der Waals surface area contributed by atoms with Crippen molar-refractivity contribution in [3.63, 3.8) is 0 Å². The Morgan fingerprint density at radius 2 is 1.73 bits per heavy atom. The lowest BCUT2D eigenvalue weighted by Crippen LogP contribution is -2.50. The van der Waals surface area contributed by atoms with Crippen LogP contribution < -0.4 is 10.6 Å². The fourth-order valence-electron chi connectivity index (χ4n) is 8.67. The monoisotopic (exact) mass is 676 g/mol. The number of fused-ring (bicyclic) bond motifs is 3. The fraction of sp³-hybridized carbons (Fsp3) is 0.647. The van der Waals surface area contributed by atoms with Crippen LogP contribution in [-0.4, -0.2) is 90.3 Å². The minimum Gasteiger partial charge on any atom is -0.465 e. The average molecular weight is 677 g/mol. The molecule has 48 heavy (non-hydrogen) atoms. The molecule has 1 aromatic carbocycles. The van der Waals surface area contributed by atoms with Crippen molar-refractivity contribution in [2.75, 3.05) is 39.0 Å². The molecular weight excluding hydrogens is 633 g/mol. The highest BCUT2D eigenvalue weighted by molar-refractivity contribution is 6.02. The summed E-state index contributed by atoms with van der Waals surface area (Å²) >= 11 is 0. The van der Waals surface area contributed by atoms with E-state index in [1.807, 2.05) is 0 Å². The summed E-state index contributed by atoms with van der Waals surface area (Å²) in [6, 6.07) is 4.78. The Bertz CT molecular complexity index is 1530. The second kappa shape index (κ2) is 14.0. The maximum absolute atomic E-state index is 14.2. The van der Waals surface area contributed by atoms with Gasteiger partial charge in [0.2, 0.25) is 17.5 Å². The van der Waals surface area contributed by atoms with Crippen molar-refractivity contribution in [3.8, 4) is 0 Å². The van der Waals surface area contributed by atoms with Gasteiger partial charge in [0, 0.05) is 30.6 Å². The Morgan fingerprint density at radius 3 is 2.35 bits per heavy atom. The van der Waals surface area contributed by atoms with Gasteiger partial charge in [-0.3, -0.25) is 14.2 Å². The van der Waals surface area contributed by atoms with Crippen molar-refractivity contribution in [3.05, 3.63) is 30.0 Å². The number of rotatable bonds is 10. The maximum Gasteiger partial charge on any atom is 0.404 e. The highest BCUT2D eigenvalue weighted by atomic mass is 19.1. The van der Waals surface area contributed by atoms with Gasteiger partial charge in [0.1, 0.15) is 18.4 Å². The van der Waals surface area contributed by atoms with Gasteiger partial charge in [-0.25, -0.2) is 22.8 Å². The summed E-state index contributed by atoms with van der Waals surface area (Å²) in [4.78, 5) is 53.5. The number of hydrogen-bond donors (Lipinski definition) is 3. The molecule has 2 saturated carbocycles. The Morgan fingerprint density at radius 1 is 1.02 bits per heavy atom. The highest BCUT2D eigenvalue weighted by Crippen LogP contribution is 2.42. The summed E-state index contributed by atoms with van der Waals surface area (Å²) in [5, 5.41) is 14.8. The van der Waals surface area contributed by atoms with Crippen LogP contribution in [0.1, 0.15) is 68.3 Å². The predicted molar refractivity (Wildman–Crippen MR) is 169 cm³/mol. The quantitative estimate of drug-likeness (QED) is 0.295. The van der Waals surface area contributed by atoms with Crippen LogP contribution in [0.3, 0.4) is 0 Å². The molecule has 2 aliphatic carbocycles. The number of amides is 3. The second-order valence-electron chi connectivity index (χ2n) is 13.8. The number of anilines is 1. The first-order valence-corrected chi connectivity index (χ1v) is 16.8. The van der Waals surface area contributed by atoms with Crippen molar-refractivity contribution in [2.45, 2.75) is 81.7 Å². The van der Waals surface area contributed by atoms with Crippen molar-refractivity contribution < 1.29 is 46.9 Å². The van der Waals surface area contributed by atoms with E-state index in [9.17, 15) is 32.3 Å². The number of carbonyl (C=O) groups excluding carboxylic acids is 3. The van der Waals surface area contributed by atoms with Crippen LogP contribution in [0.2, 0.25) is 0 Å². The molecule has 0 radical (unpaired) electrons. The van der Waals surface area contributed by atoms with E-state index in [1.165, 1.54) is 10.6 Å². The van der Waals surface area contributed by atoms with Crippen LogP contribution in [0, 0.1) is 23.7 Å². The molecule has 3 heterocycles. The number of carbonyl (C=O) groups is 4. The molecule has 2 aromatic rings. The van der Waals surface area contributed by atoms with E-state index in [2.05, 4.69) is 10.6 Å². The molecule has 0 spiro atoms. The van der Waals surface area contributed by atoms with E-state index < -0.39 is 49.9 Å². The molecule has 2 aliphatic heterocycles. The molecule has 3 N–H and O–H groups in total. The Kier molecular flexibility index (Phi) is 9.91. The van der Waals surface area contributed by atoms with Crippen LogP contribution in [0.25, 0.3) is 10.9 Å². The first-order valence-electron chi connectivity index (χ1n) is 16.8. The molecule has 3 fully saturated rings. The molecule has 262 valence electrons. The summed E-state index contributed by atoms with van der Waals surface area (Å²) in [5.41, 5.74) is -1.23. The Balaban J connectivity index is 1.21. The molecule has 4 aliphatic rings. The van der Waals surface area contributed by atoms with Gasteiger partial charge in [0.15, 0.2) is 13.3 Å². The lowest BCUT2D eigenvalue weighted by Gasteiger charge is -2.37. The third-order valence-electron chi connectivity index (χ3n) is 11.2. The van der Waals surface area contributed by atoms with Crippen molar-refractivity contribution in [2.24, 2.45) is 23.7 Å². The Hall–Kier alpha value is -3.81. The second-order valence-corrected chi connectivity index (χ2v) is 13.8. The van der Waals surface area contributed by atoms with Gasteiger partial charge in [-0.1, -0.05) is 0 Å². The van der Waals surface area contributed by atoms with Crippen LogP contribution in [-0.2, 0) is 24.8 Å². The third-order valence-corrected chi connectivity index (χ3v) is 11.2. The SMILES string of the molecule is CO[C@H]1CC[C@H]([C@@H]2CCN(C(=O)[C@H]3CC[C@H]([C@@H](CF)NC(=O)O)CC3)[C@@H]2C(=O)Nc2ccc3c(c2)cc2n3C(CF)(CF)OC2=O)CC1. The van der Waals surface area contributed by atoms with E-state index in [1.54, 1.807) is 30.2 Å². The molecule has 3 amide bonds. The minimum atomic E-state index is -2.06. The summed E-state index contributed by atoms with van der Waals surface area (Å²) < 4.78 is 53.3. The molecule has 0 bridgehead atoms. The van der Waals surface area contributed by atoms with Gasteiger partial charge in [-0.15, -0.1) is 0 Å². The first kappa shape index (κ1) is 34.1. The summed E-state index contributed by atoms with van der Waals surface area (Å²) in [7, 11) is 1.70. The van der Waals surface area contributed by atoms with Crippen LogP contribution >= 0.6 is 0 Å². The number of nitrogens with one attached hydrogen (secondary N) is 2. The molecule has 1 aromatic heterocycles. The summed E-state index contributed by atoms with van der Waals surface area (Å²) in [6.45, 7) is -2.85. The minimum absolute atomic E-state index is 0.0226. The number of methoxy groups -OCH3 is 1. The lowest BCUT2D eigenvalue weighted by atomic mass is 9.75. The standard InChI is InChI=1S/C34H43F3N4O7/c1-47-24-9-6-19(7-10-24)25-12-13-40(31(43)21-4-2-20(3-5-21)26(16-35)39-33(45)46)29(25)30(42)38-23-8-11-27-22(14-23)15-28-32(44)48-34(17-36,18-37)41(27)28/h8,11,14-15,19-21,24-26,29,39H,2-7,9-10,12-13,16-18H2,1H3,(H,38,42)(H,45,46)/t19-,20-,21-,24-,25-,26+,29-/m0/s1. The molecule has 14 heteroatoms. The van der Waals surface area contributed by atoms with Gasteiger partial charge >= 0.3 is 12.1 Å². The zero-order valence-corrected chi connectivity index (χ0v) is 27.0. The lowest BCUT2D eigenvalue weighted by molar-refractivity contribution is -0.142. The van der Waals surface area contributed by atoms with Crippen LogP contribution in [0.15, 0.2) is 24.3 Å². The number of halogens is 3. The van der Waals surface area contributed by atoms with Crippen molar-refractivity contribution >= 4 is 40.5 Å². The summed E-state index contributed by atoms with van der Waals surface area (Å²) in [6.07, 6.45) is 5.05. The molecule has 3 atom stereocenters. The zero-order chi connectivity index (χ0) is 34.2. The number of ether oxygens (including phenoxy) is 2. The zero-order valence-electron chi connectivity index (χ0n) is 27.0.